The van der Waals surface area contributed by atoms with E-state index in [1.807, 2.05) is 6.92 Å². The first-order chi connectivity index (χ1) is 10.5. The average molecular weight is 335 g/mol. The minimum Gasteiger partial charge on any atom is -0.267 e. The number of hydrogen-bond donors (Lipinski definition) is 0. The van der Waals surface area contributed by atoms with E-state index in [2.05, 4.69) is 17.0 Å². The van der Waals surface area contributed by atoms with Gasteiger partial charge in [-0.3, -0.25) is 4.79 Å². The van der Waals surface area contributed by atoms with Crippen molar-refractivity contribution < 1.29 is 4.39 Å². The van der Waals surface area contributed by atoms with E-state index in [4.69, 9.17) is 0 Å². The molecule has 0 saturated heterocycles. The lowest BCUT2D eigenvalue weighted by Gasteiger charge is -2.11. The van der Waals surface area contributed by atoms with Gasteiger partial charge in [-0.15, -0.1) is 11.8 Å². The summed E-state index contributed by atoms with van der Waals surface area (Å²) in [5.41, 5.74) is 1.64. The Hall–Kier alpha value is -1.73. The summed E-state index contributed by atoms with van der Waals surface area (Å²) in [6.07, 6.45) is 0. The second kappa shape index (κ2) is 6.18. The predicted molar refractivity (Wildman–Crippen MR) is 88.0 cm³/mol. The van der Waals surface area contributed by atoms with Crippen molar-refractivity contribution in [2.45, 2.75) is 24.9 Å². The number of aryl methyl sites for hydroxylation is 1. The lowest BCUT2D eigenvalue weighted by molar-refractivity contribution is 0.627. The molecular weight excluding hydrogens is 321 g/mol. The minimum absolute atomic E-state index is 0.153. The molecule has 0 spiro atoms. The molecule has 0 radical (unpaired) electrons. The zero-order chi connectivity index (χ0) is 15.7. The SMILES string of the molecule is Cc1nn2c(=O)cc(CS[C@H](C)c3ccc(F)cc3)nc2s1. The van der Waals surface area contributed by atoms with Gasteiger partial charge in [0.05, 0.1) is 5.69 Å². The van der Waals surface area contributed by atoms with Crippen LogP contribution in [0.25, 0.3) is 4.96 Å². The van der Waals surface area contributed by atoms with Crippen molar-refractivity contribution in [1.29, 1.82) is 0 Å². The van der Waals surface area contributed by atoms with Gasteiger partial charge in [0, 0.05) is 17.1 Å². The Morgan fingerprint density at radius 3 is 2.82 bits per heavy atom. The number of hydrogen-bond acceptors (Lipinski definition) is 5. The lowest BCUT2D eigenvalue weighted by Crippen LogP contribution is -2.15. The van der Waals surface area contributed by atoms with E-state index in [0.29, 0.717) is 10.7 Å². The maximum Gasteiger partial charge on any atom is 0.275 e. The summed E-state index contributed by atoms with van der Waals surface area (Å²) < 4.78 is 14.3. The van der Waals surface area contributed by atoms with Gasteiger partial charge in [0.1, 0.15) is 10.8 Å². The van der Waals surface area contributed by atoms with Crippen LogP contribution in [0, 0.1) is 12.7 Å². The second-order valence-corrected chi connectivity index (χ2v) is 7.40. The molecule has 0 aliphatic rings. The van der Waals surface area contributed by atoms with Crippen LogP contribution >= 0.6 is 23.1 Å². The number of nitrogens with zero attached hydrogens (tertiary/aromatic N) is 3. The van der Waals surface area contributed by atoms with Gasteiger partial charge in [-0.25, -0.2) is 9.37 Å². The number of halogens is 1. The van der Waals surface area contributed by atoms with E-state index in [1.165, 1.54) is 34.1 Å². The molecule has 0 N–H and O–H groups in total. The van der Waals surface area contributed by atoms with E-state index in [9.17, 15) is 9.18 Å². The minimum atomic E-state index is -0.235. The summed E-state index contributed by atoms with van der Waals surface area (Å²) in [5, 5.41) is 5.13. The van der Waals surface area contributed by atoms with Gasteiger partial charge in [-0.1, -0.05) is 23.5 Å². The number of aromatic nitrogens is 3. The first-order valence-corrected chi connectivity index (χ1v) is 8.63. The number of rotatable bonds is 4. The van der Waals surface area contributed by atoms with Crippen molar-refractivity contribution in [3.8, 4) is 0 Å². The molecule has 4 nitrogen and oxygen atoms in total. The van der Waals surface area contributed by atoms with Crippen LogP contribution in [0.3, 0.4) is 0 Å². The molecule has 2 heterocycles. The van der Waals surface area contributed by atoms with Crippen LogP contribution < -0.4 is 5.56 Å². The Bertz CT molecular complexity index is 857. The van der Waals surface area contributed by atoms with Crippen molar-refractivity contribution in [1.82, 2.24) is 14.6 Å². The van der Waals surface area contributed by atoms with E-state index in [0.717, 1.165) is 16.3 Å². The van der Waals surface area contributed by atoms with Crippen LogP contribution in [0.1, 0.15) is 28.4 Å². The molecule has 1 aromatic carbocycles. The highest BCUT2D eigenvalue weighted by molar-refractivity contribution is 7.98. The standard InChI is InChI=1S/C15H14FN3OS2/c1-9(11-3-5-12(16)6-4-11)21-8-13-7-14(20)19-15(17-13)22-10(2)18-19/h3-7,9H,8H2,1-2H3/t9-/m1/s1. The fourth-order valence-electron chi connectivity index (χ4n) is 2.07. The Morgan fingerprint density at radius 2 is 2.09 bits per heavy atom. The largest absolute Gasteiger partial charge is 0.275 e. The third-order valence-corrected chi connectivity index (χ3v) is 5.28. The first-order valence-electron chi connectivity index (χ1n) is 6.76. The Morgan fingerprint density at radius 1 is 1.36 bits per heavy atom. The molecule has 0 saturated carbocycles. The lowest BCUT2D eigenvalue weighted by atomic mass is 10.2. The Kier molecular flexibility index (Phi) is 4.26. The van der Waals surface area contributed by atoms with E-state index < -0.39 is 0 Å². The van der Waals surface area contributed by atoms with Crippen LogP contribution in [0.2, 0.25) is 0 Å². The van der Waals surface area contributed by atoms with Crippen LogP contribution in [-0.4, -0.2) is 14.6 Å². The topological polar surface area (TPSA) is 47.3 Å². The maximum absolute atomic E-state index is 12.9. The van der Waals surface area contributed by atoms with Gasteiger partial charge < -0.3 is 0 Å². The summed E-state index contributed by atoms with van der Waals surface area (Å²) in [6, 6.07) is 8.01. The van der Waals surface area contributed by atoms with E-state index in [-0.39, 0.29) is 16.6 Å². The van der Waals surface area contributed by atoms with Crippen LogP contribution in [0.5, 0.6) is 0 Å². The predicted octanol–water partition coefficient (Wildman–Crippen LogP) is 3.59. The molecule has 3 aromatic rings. The monoisotopic (exact) mass is 335 g/mol. The first kappa shape index (κ1) is 15.2. The average Bonchev–Trinajstić information content (AvgIpc) is 2.86. The van der Waals surface area contributed by atoms with Gasteiger partial charge in [-0.2, -0.15) is 9.61 Å². The molecule has 0 amide bonds. The maximum atomic E-state index is 12.9. The third-order valence-electron chi connectivity index (χ3n) is 3.22. The third kappa shape index (κ3) is 3.20. The smallest absolute Gasteiger partial charge is 0.267 e. The quantitative estimate of drug-likeness (QED) is 0.731. The highest BCUT2D eigenvalue weighted by Crippen LogP contribution is 2.30. The number of fused-ring (bicyclic) bond motifs is 1. The van der Waals surface area contributed by atoms with Crippen molar-refractivity contribution in [2.24, 2.45) is 0 Å². The van der Waals surface area contributed by atoms with Gasteiger partial charge in [0.15, 0.2) is 0 Å². The zero-order valence-corrected chi connectivity index (χ0v) is 13.7. The fraction of sp³-hybridized carbons (Fsp3) is 0.267. The molecular formula is C15H14FN3OS2. The van der Waals surface area contributed by atoms with Crippen molar-refractivity contribution in [2.75, 3.05) is 0 Å². The van der Waals surface area contributed by atoms with Crippen molar-refractivity contribution in [3.05, 3.63) is 62.8 Å². The van der Waals surface area contributed by atoms with E-state index >= 15 is 0 Å². The Labute approximate surface area is 135 Å². The molecule has 1 atom stereocenters. The van der Waals surface area contributed by atoms with Crippen LogP contribution in [0.4, 0.5) is 4.39 Å². The fourth-order valence-corrected chi connectivity index (χ4v) is 3.75. The molecule has 22 heavy (non-hydrogen) atoms. The van der Waals surface area contributed by atoms with Gasteiger partial charge >= 0.3 is 0 Å². The highest BCUT2D eigenvalue weighted by Gasteiger charge is 2.10. The molecule has 0 aliphatic heterocycles. The van der Waals surface area contributed by atoms with Crippen LogP contribution in [-0.2, 0) is 5.75 Å². The molecule has 7 heteroatoms. The number of thioether (sulfide) groups is 1. The van der Waals surface area contributed by atoms with Gasteiger partial charge in [-0.05, 0) is 31.5 Å². The van der Waals surface area contributed by atoms with E-state index in [1.54, 1.807) is 23.9 Å². The summed E-state index contributed by atoms with van der Waals surface area (Å²) in [5.74, 6) is 0.392. The summed E-state index contributed by atoms with van der Waals surface area (Å²) in [6.45, 7) is 3.91. The van der Waals surface area contributed by atoms with Crippen molar-refractivity contribution >= 4 is 28.1 Å². The summed E-state index contributed by atoms with van der Waals surface area (Å²) in [7, 11) is 0. The number of benzene rings is 1. The highest BCUT2D eigenvalue weighted by atomic mass is 32.2. The molecule has 2 aromatic heterocycles. The van der Waals surface area contributed by atoms with Gasteiger partial charge in [0.25, 0.3) is 5.56 Å². The zero-order valence-electron chi connectivity index (χ0n) is 12.1. The normalized spacial score (nSPS) is 12.7. The molecule has 0 aliphatic carbocycles. The molecule has 0 bridgehead atoms. The molecule has 114 valence electrons. The second-order valence-electron chi connectivity index (χ2n) is 4.91. The summed E-state index contributed by atoms with van der Waals surface area (Å²) in [4.78, 5) is 17.1. The van der Waals surface area contributed by atoms with Crippen LogP contribution in [0.15, 0.2) is 35.1 Å². The Balaban J connectivity index is 1.76. The molecule has 0 fully saturated rings. The summed E-state index contributed by atoms with van der Waals surface area (Å²) >= 11 is 3.07. The van der Waals surface area contributed by atoms with Crippen molar-refractivity contribution in [3.63, 3.8) is 0 Å². The molecule has 0 unspecified atom stereocenters. The van der Waals surface area contributed by atoms with Gasteiger partial charge in [0.2, 0.25) is 4.96 Å². The molecule has 3 rings (SSSR count).